The average Bonchev–Trinajstić information content (AvgIpc) is 2.82. The monoisotopic (exact) mass is 608 g/mol. The third kappa shape index (κ3) is 6.87. The van der Waals surface area contributed by atoms with Gasteiger partial charge in [-0.15, -0.1) is 0 Å². The van der Waals surface area contributed by atoms with E-state index in [1.807, 2.05) is 24.3 Å². The van der Waals surface area contributed by atoms with Gasteiger partial charge in [0.1, 0.15) is 18.2 Å². The number of nitrogens with one attached hydrogen (secondary N) is 1. The minimum absolute atomic E-state index is 0.266. The number of halogens is 5. The van der Waals surface area contributed by atoms with Crippen LogP contribution in [-0.2, 0) is 17.6 Å². The maximum absolute atomic E-state index is 13.2. The molecule has 180 valence electrons. The van der Waals surface area contributed by atoms with E-state index in [1.165, 1.54) is 25.3 Å². The maximum atomic E-state index is 13.2. The van der Waals surface area contributed by atoms with Gasteiger partial charge in [0.25, 0.3) is 5.91 Å². The highest BCUT2D eigenvalue weighted by molar-refractivity contribution is 9.10. The zero-order valence-corrected chi connectivity index (χ0v) is 21.3. The second kappa shape index (κ2) is 11.4. The summed E-state index contributed by atoms with van der Waals surface area (Å²) in [5.41, 5.74) is -0.516. The number of alkyl halides is 3. The van der Waals surface area contributed by atoms with Crippen LogP contribution < -0.4 is 14.8 Å². The SMILES string of the molecule is COc1cc(/C=C(/C#N)C(=O)Nc2ccccc2C(F)(F)F)cc(Br)c1OCc1ccc(Br)cc1. The van der Waals surface area contributed by atoms with E-state index in [1.54, 1.807) is 18.2 Å². The number of anilines is 1. The molecule has 0 saturated heterocycles. The molecule has 0 radical (unpaired) electrons. The molecule has 35 heavy (non-hydrogen) atoms. The maximum Gasteiger partial charge on any atom is 0.418 e. The number of para-hydroxylation sites is 1. The van der Waals surface area contributed by atoms with Crippen molar-refractivity contribution in [3.05, 3.63) is 91.9 Å². The van der Waals surface area contributed by atoms with Gasteiger partial charge in [0.2, 0.25) is 0 Å². The van der Waals surface area contributed by atoms with Crippen molar-refractivity contribution in [1.29, 1.82) is 5.26 Å². The Morgan fingerprint density at radius 2 is 1.80 bits per heavy atom. The summed E-state index contributed by atoms with van der Waals surface area (Å²) in [7, 11) is 1.44. The van der Waals surface area contributed by atoms with Gasteiger partial charge in [0.15, 0.2) is 11.5 Å². The van der Waals surface area contributed by atoms with Crippen LogP contribution in [0.5, 0.6) is 11.5 Å². The van der Waals surface area contributed by atoms with E-state index in [0.717, 1.165) is 22.2 Å². The first kappa shape index (κ1) is 26.3. The van der Waals surface area contributed by atoms with Gasteiger partial charge in [0.05, 0.1) is 22.8 Å². The van der Waals surface area contributed by atoms with E-state index in [2.05, 4.69) is 37.2 Å². The number of amides is 1. The minimum atomic E-state index is -4.66. The highest BCUT2D eigenvalue weighted by atomic mass is 79.9. The molecule has 5 nitrogen and oxygen atoms in total. The first-order valence-corrected chi connectivity index (χ1v) is 11.5. The van der Waals surface area contributed by atoms with E-state index in [9.17, 15) is 23.2 Å². The fraction of sp³-hybridized carbons (Fsp3) is 0.120. The van der Waals surface area contributed by atoms with Crippen molar-refractivity contribution in [1.82, 2.24) is 0 Å². The highest BCUT2D eigenvalue weighted by Gasteiger charge is 2.33. The molecule has 0 atom stereocenters. The number of carbonyl (C=O) groups is 1. The standard InChI is InChI=1S/C25H17Br2F3N2O3/c1-34-22-12-16(11-20(27)23(22)35-14-15-6-8-18(26)9-7-15)10-17(13-31)24(33)32-21-5-3-2-4-19(21)25(28,29)30/h2-12H,14H2,1H3,(H,32,33)/b17-10-. The topological polar surface area (TPSA) is 71.3 Å². The summed E-state index contributed by atoms with van der Waals surface area (Å²) in [4.78, 5) is 12.6. The van der Waals surface area contributed by atoms with Gasteiger partial charge in [-0.05, 0) is 69.5 Å². The number of rotatable bonds is 7. The molecule has 0 bridgehead atoms. The van der Waals surface area contributed by atoms with Crippen molar-refractivity contribution in [3.8, 4) is 17.6 Å². The fourth-order valence-electron chi connectivity index (χ4n) is 3.04. The number of methoxy groups -OCH3 is 1. The number of nitrogens with zero attached hydrogens (tertiary/aromatic N) is 1. The molecule has 3 aromatic rings. The molecule has 0 spiro atoms. The molecule has 0 aromatic heterocycles. The van der Waals surface area contributed by atoms with Crippen LogP contribution >= 0.6 is 31.9 Å². The number of carbonyl (C=O) groups excluding carboxylic acids is 1. The number of benzene rings is 3. The zero-order valence-electron chi connectivity index (χ0n) is 18.1. The van der Waals surface area contributed by atoms with Crippen LogP contribution in [0.3, 0.4) is 0 Å². The molecule has 1 N–H and O–H groups in total. The molecule has 0 saturated carbocycles. The van der Waals surface area contributed by atoms with E-state index in [0.29, 0.717) is 21.5 Å². The van der Waals surface area contributed by atoms with Crippen molar-refractivity contribution in [3.63, 3.8) is 0 Å². The third-order valence-electron chi connectivity index (χ3n) is 4.70. The van der Waals surface area contributed by atoms with Gasteiger partial charge >= 0.3 is 6.18 Å². The van der Waals surface area contributed by atoms with Crippen molar-refractivity contribution < 1.29 is 27.4 Å². The Morgan fingerprint density at radius 1 is 1.11 bits per heavy atom. The lowest BCUT2D eigenvalue weighted by Gasteiger charge is -2.14. The second-order valence-corrected chi connectivity index (χ2v) is 8.89. The van der Waals surface area contributed by atoms with Crippen LogP contribution in [0.15, 0.2) is 75.2 Å². The molecule has 3 rings (SSSR count). The third-order valence-corrected chi connectivity index (χ3v) is 5.82. The van der Waals surface area contributed by atoms with Crippen LogP contribution in [0.4, 0.5) is 18.9 Å². The van der Waals surface area contributed by atoms with Gasteiger partial charge in [-0.3, -0.25) is 4.79 Å². The smallest absolute Gasteiger partial charge is 0.418 e. The molecule has 0 heterocycles. The van der Waals surface area contributed by atoms with Gasteiger partial charge in [0, 0.05) is 4.47 Å². The predicted molar refractivity (Wildman–Crippen MR) is 133 cm³/mol. The Balaban J connectivity index is 1.84. The number of hydrogen-bond donors (Lipinski definition) is 1. The van der Waals surface area contributed by atoms with Crippen LogP contribution in [0.25, 0.3) is 6.08 Å². The molecule has 0 aliphatic carbocycles. The van der Waals surface area contributed by atoms with Gasteiger partial charge in [-0.2, -0.15) is 18.4 Å². The lowest BCUT2D eigenvalue weighted by Crippen LogP contribution is -2.17. The first-order chi connectivity index (χ1) is 16.6. The Labute approximate surface area is 216 Å². The average molecular weight is 610 g/mol. The van der Waals surface area contributed by atoms with E-state index in [4.69, 9.17) is 9.47 Å². The molecule has 0 aliphatic heterocycles. The molecule has 1 amide bonds. The van der Waals surface area contributed by atoms with Crippen LogP contribution in [0.2, 0.25) is 0 Å². The predicted octanol–water partition coefficient (Wildman–Crippen LogP) is 7.36. The van der Waals surface area contributed by atoms with E-state index < -0.39 is 23.3 Å². The first-order valence-electron chi connectivity index (χ1n) is 9.96. The van der Waals surface area contributed by atoms with Crippen molar-refractivity contribution in [2.45, 2.75) is 12.8 Å². The fourth-order valence-corrected chi connectivity index (χ4v) is 3.88. The quantitative estimate of drug-likeness (QED) is 0.224. The summed E-state index contributed by atoms with van der Waals surface area (Å²) in [5, 5.41) is 11.6. The summed E-state index contributed by atoms with van der Waals surface area (Å²) in [5.74, 6) is -0.229. The molecule has 3 aromatic carbocycles. The second-order valence-electron chi connectivity index (χ2n) is 7.12. The van der Waals surface area contributed by atoms with Crippen molar-refractivity contribution in [2.75, 3.05) is 12.4 Å². The lowest BCUT2D eigenvalue weighted by atomic mass is 10.1. The Bertz CT molecular complexity index is 1300. The van der Waals surface area contributed by atoms with E-state index >= 15 is 0 Å². The van der Waals surface area contributed by atoms with Crippen LogP contribution in [0, 0.1) is 11.3 Å². The van der Waals surface area contributed by atoms with Crippen LogP contribution in [0.1, 0.15) is 16.7 Å². The Hall–Kier alpha value is -3.29. The Morgan fingerprint density at radius 3 is 2.43 bits per heavy atom. The molecule has 0 unspecified atom stereocenters. The van der Waals surface area contributed by atoms with E-state index in [-0.39, 0.29) is 12.2 Å². The summed E-state index contributed by atoms with van der Waals surface area (Å²) < 4.78 is 52.4. The Kier molecular flexibility index (Phi) is 8.59. The molecular weight excluding hydrogens is 593 g/mol. The molecule has 0 fully saturated rings. The van der Waals surface area contributed by atoms with Gasteiger partial charge in [-0.1, -0.05) is 40.2 Å². The normalized spacial score (nSPS) is 11.5. The number of ether oxygens (including phenoxy) is 2. The largest absolute Gasteiger partial charge is 0.493 e. The molecular formula is C25H17Br2F3N2O3. The zero-order chi connectivity index (χ0) is 25.6. The summed E-state index contributed by atoms with van der Waals surface area (Å²) in [6.45, 7) is 0.266. The molecule has 10 heteroatoms. The van der Waals surface area contributed by atoms with Gasteiger partial charge in [-0.25, -0.2) is 0 Å². The molecule has 0 aliphatic rings. The van der Waals surface area contributed by atoms with Gasteiger partial charge < -0.3 is 14.8 Å². The number of hydrogen-bond acceptors (Lipinski definition) is 4. The number of nitriles is 1. The summed E-state index contributed by atoms with van der Waals surface area (Å²) in [6, 6.07) is 17.0. The minimum Gasteiger partial charge on any atom is -0.493 e. The highest BCUT2D eigenvalue weighted by Crippen LogP contribution is 2.38. The van der Waals surface area contributed by atoms with Crippen molar-refractivity contribution >= 4 is 49.5 Å². The van der Waals surface area contributed by atoms with Crippen LogP contribution in [-0.4, -0.2) is 13.0 Å². The lowest BCUT2D eigenvalue weighted by molar-refractivity contribution is -0.137. The summed E-state index contributed by atoms with van der Waals surface area (Å²) in [6.07, 6.45) is -3.41. The van der Waals surface area contributed by atoms with Crippen molar-refractivity contribution in [2.24, 2.45) is 0 Å². The summed E-state index contributed by atoms with van der Waals surface area (Å²) >= 11 is 6.78.